The molecule has 0 spiro atoms. The van der Waals surface area contributed by atoms with E-state index in [-0.39, 0.29) is 17.9 Å². The number of nitrogens with one attached hydrogen (secondary N) is 1. The second-order valence-corrected chi connectivity index (χ2v) is 7.88. The van der Waals surface area contributed by atoms with E-state index in [0.717, 1.165) is 23.3 Å². The Morgan fingerprint density at radius 3 is 2.66 bits per heavy atom. The van der Waals surface area contributed by atoms with Crippen LogP contribution < -0.4 is 0 Å². The summed E-state index contributed by atoms with van der Waals surface area (Å²) in [6.45, 7) is 4.99. The van der Waals surface area contributed by atoms with Gasteiger partial charge < -0.3 is 9.88 Å². The molecule has 146 valence electrons. The third kappa shape index (κ3) is 2.92. The van der Waals surface area contributed by atoms with Gasteiger partial charge in [-0.1, -0.05) is 55.5 Å². The van der Waals surface area contributed by atoms with Crippen LogP contribution in [0.4, 0.5) is 0 Å². The summed E-state index contributed by atoms with van der Waals surface area (Å²) in [5.74, 6) is 0.199. The fourth-order valence-electron chi connectivity index (χ4n) is 4.41. The maximum absolute atomic E-state index is 13.4. The van der Waals surface area contributed by atoms with Gasteiger partial charge in [0, 0.05) is 23.1 Å². The number of carbonyl (C=O) groups excluding carboxylic acids is 1. The standard InChI is InChI=1S/C23H23N5O/c1-15(2)22-21-18(17-10-6-7-11-19(17)24-21)12-13-27(22)23(29)20-14-28(26-25-20)16-8-4-3-5-9-16/h3-11,14-15,22,24H,12-13H2,1-2H3. The third-order valence-electron chi connectivity index (χ3n) is 5.71. The number of aromatic nitrogens is 4. The van der Waals surface area contributed by atoms with E-state index in [1.165, 1.54) is 10.9 Å². The van der Waals surface area contributed by atoms with Gasteiger partial charge in [-0.2, -0.15) is 0 Å². The summed E-state index contributed by atoms with van der Waals surface area (Å²) in [4.78, 5) is 18.9. The lowest BCUT2D eigenvalue weighted by Gasteiger charge is -2.37. The zero-order valence-electron chi connectivity index (χ0n) is 16.5. The number of hydrogen-bond donors (Lipinski definition) is 1. The summed E-state index contributed by atoms with van der Waals surface area (Å²) < 4.78 is 1.65. The largest absolute Gasteiger partial charge is 0.356 e. The molecule has 1 aliphatic heterocycles. The number of H-pyrrole nitrogens is 1. The van der Waals surface area contributed by atoms with Crippen molar-refractivity contribution in [1.29, 1.82) is 0 Å². The average Bonchev–Trinajstić information content (AvgIpc) is 3.38. The van der Waals surface area contributed by atoms with Crippen LogP contribution in [0.5, 0.6) is 0 Å². The maximum Gasteiger partial charge on any atom is 0.276 e. The fourth-order valence-corrected chi connectivity index (χ4v) is 4.41. The lowest BCUT2D eigenvalue weighted by molar-refractivity contribution is 0.0592. The Labute approximate surface area is 169 Å². The SMILES string of the molecule is CC(C)C1c2[nH]c3ccccc3c2CCN1C(=O)c1cn(-c2ccccc2)nn1. The van der Waals surface area contributed by atoms with Crippen molar-refractivity contribution in [3.63, 3.8) is 0 Å². The molecule has 4 aromatic rings. The van der Waals surface area contributed by atoms with Gasteiger partial charge in [0.25, 0.3) is 5.91 Å². The Morgan fingerprint density at radius 1 is 1.10 bits per heavy atom. The molecule has 1 N–H and O–H groups in total. The zero-order chi connectivity index (χ0) is 20.0. The zero-order valence-corrected chi connectivity index (χ0v) is 16.5. The highest BCUT2D eigenvalue weighted by Crippen LogP contribution is 2.38. The number of para-hydroxylation sites is 2. The van der Waals surface area contributed by atoms with E-state index in [2.05, 4.69) is 47.3 Å². The lowest BCUT2D eigenvalue weighted by atomic mass is 9.90. The highest BCUT2D eigenvalue weighted by atomic mass is 16.2. The molecule has 1 atom stereocenters. The van der Waals surface area contributed by atoms with Crippen molar-refractivity contribution in [2.24, 2.45) is 5.92 Å². The molecule has 1 unspecified atom stereocenters. The van der Waals surface area contributed by atoms with E-state index in [1.807, 2.05) is 41.3 Å². The van der Waals surface area contributed by atoms with Crippen LogP contribution in [0.25, 0.3) is 16.6 Å². The number of rotatable bonds is 3. The van der Waals surface area contributed by atoms with E-state index in [0.29, 0.717) is 12.2 Å². The molecule has 0 fully saturated rings. The van der Waals surface area contributed by atoms with Crippen molar-refractivity contribution < 1.29 is 4.79 Å². The Morgan fingerprint density at radius 2 is 1.86 bits per heavy atom. The molecule has 0 bridgehead atoms. The predicted molar refractivity (Wildman–Crippen MR) is 112 cm³/mol. The summed E-state index contributed by atoms with van der Waals surface area (Å²) in [5, 5.41) is 9.59. The molecule has 0 saturated carbocycles. The summed E-state index contributed by atoms with van der Waals surface area (Å²) in [7, 11) is 0. The smallest absolute Gasteiger partial charge is 0.276 e. The van der Waals surface area contributed by atoms with Crippen molar-refractivity contribution in [2.45, 2.75) is 26.3 Å². The minimum absolute atomic E-state index is 0.0134. The fraction of sp³-hybridized carbons (Fsp3) is 0.261. The summed E-state index contributed by atoms with van der Waals surface area (Å²) >= 11 is 0. The van der Waals surface area contributed by atoms with Crippen molar-refractivity contribution in [3.05, 3.63) is 77.7 Å². The van der Waals surface area contributed by atoms with Gasteiger partial charge in [-0.05, 0) is 36.1 Å². The molecule has 6 heteroatoms. The van der Waals surface area contributed by atoms with Gasteiger partial charge >= 0.3 is 0 Å². The maximum atomic E-state index is 13.4. The number of benzene rings is 2. The lowest BCUT2D eigenvalue weighted by Crippen LogP contribution is -2.42. The molecule has 1 aliphatic rings. The number of nitrogens with zero attached hydrogens (tertiary/aromatic N) is 4. The van der Waals surface area contributed by atoms with Crippen LogP contribution in [-0.2, 0) is 6.42 Å². The molecule has 1 amide bonds. The highest BCUT2D eigenvalue weighted by Gasteiger charge is 2.36. The second-order valence-electron chi connectivity index (χ2n) is 7.88. The first-order chi connectivity index (χ1) is 14.1. The van der Waals surface area contributed by atoms with Crippen LogP contribution in [0.1, 0.15) is 41.6 Å². The van der Waals surface area contributed by atoms with Gasteiger partial charge in [-0.15, -0.1) is 5.10 Å². The first-order valence-corrected chi connectivity index (χ1v) is 10.0. The Kier molecular flexibility index (Phi) is 4.19. The Bertz CT molecular complexity index is 1170. The van der Waals surface area contributed by atoms with Crippen LogP contribution >= 0.6 is 0 Å². The van der Waals surface area contributed by atoms with Crippen LogP contribution in [-0.4, -0.2) is 37.3 Å². The highest BCUT2D eigenvalue weighted by molar-refractivity contribution is 5.93. The molecule has 3 heterocycles. The van der Waals surface area contributed by atoms with Gasteiger partial charge in [0.1, 0.15) is 0 Å². The van der Waals surface area contributed by atoms with Crippen LogP contribution in [0.2, 0.25) is 0 Å². The number of fused-ring (bicyclic) bond motifs is 3. The first kappa shape index (κ1) is 17.7. The number of amides is 1. The molecule has 5 rings (SSSR count). The molecule has 2 aromatic carbocycles. The molecule has 6 nitrogen and oxygen atoms in total. The van der Waals surface area contributed by atoms with E-state index >= 15 is 0 Å². The summed E-state index contributed by atoms with van der Waals surface area (Å²) in [6.07, 6.45) is 2.55. The number of carbonyl (C=O) groups is 1. The van der Waals surface area contributed by atoms with Gasteiger partial charge in [0.15, 0.2) is 5.69 Å². The van der Waals surface area contributed by atoms with Crippen molar-refractivity contribution in [1.82, 2.24) is 24.9 Å². The molecule has 0 saturated heterocycles. The van der Waals surface area contributed by atoms with E-state index in [9.17, 15) is 4.79 Å². The predicted octanol–water partition coefficient (Wildman–Crippen LogP) is 4.14. The molecular weight excluding hydrogens is 362 g/mol. The number of aromatic amines is 1. The molecule has 0 aliphatic carbocycles. The minimum atomic E-state index is -0.0739. The van der Waals surface area contributed by atoms with Crippen LogP contribution in [0.15, 0.2) is 60.8 Å². The summed E-state index contributed by atoms with van der Waals surface area (Å²) in [6, 6.07) is 18.1. The van der Waals surface area contributed by atoms with Crippen molar-refractivity contribution in [3.8, 4) is 5.69 Å². The van der Waals surface area contributed by atoms with E-state index < -0.39 is 0 Å². The minimum Gasteiger partial charge on any atom is -0.356 e. The average molecular weight is 385 g/mol. The molecule has 0 radical (unpaired) electrons. The van der Waals surface area contributed by atoms with Gasteiger partial charge in [-0.25, -0.2) is 4.68 Å². The molecule has 2 aromatic heterocycles. The van der Waals surface area contributed by atoms with Gasteiger partial charge in [-0.3, -0.25) is 4.79 Å². The Balaban J connectivity index is 1.51. The monoisotopic (exact) mass is 385 g/mol. The van der Waals surface area contributed by atoms with Crippen molar-refractivity contribution >= 4 is 16.8 Å². The molecule has 29 heavy (non-hydrogen) atoms. The van der Waals surface area contributed by atoms with Gasteiger partial charge in [0.2, 0.25) is 0 Å². The number of hydrogen-bond acceptors (Lipinski definition) is 3. The van der Waals surface area contributed by atoms with E-state index in [1.54, 1.807) is 10.9 Å². The third-order valence-corrected chi connectivity index (χ3v) is 5.71. The van der Waals surface area contributed by atoms with Crippen molar-refractivity contribution in [2.75, 3.05) is 6.54 Å². The van der Waals surface area contributed by atoms with E-state index in [4.69, 9.17) is 0 Å². The quantitative estimate of drug-likeness (QED) is 0.576. The van der Waals surface area contributed by atoms with Crippen LogP contribution in [0.3, 0.4) is 0 Å². The van der Waals surface area contributed by atoms with Crippen LogP contribution in [0, 0.1) is 5.92 Å². The Hall–Kier alpha value is -3.41. The normalized spacial score (nSPS) is 16.4. The second kappa shape index (κ2) is 6.88. The van der Waals surface area contributed by atoms with Gasteiger partial charge in [0.05, 0.1) is 17.9 Å². The first-order valence-electron chi connectivity index (χ1n) is 10.0. The topological polar surface area (TPSA) is 66.8 Å². The molecular formula is C23H23N5O. The summed E-state index contributed by atoms with van der Waals surface area (Å²) in [5.41, 5.74) is 4.87.